The summed E-state index contributed by atoms with van der Waals surface area (Å²) in [6.45, 7) is 3.77. The van der Waals surface area contributed by atoms with Gasteiger partial charge in [-0.05, 0) is 30.2 Å². The van der Waals surface area contributed by atoms with E-state index in [1.165, 1.54) is 11.8 Å². The molecule has 2 aromatic carbocycles. The molecule has 1 N–H and O–H groups in total. The number of halogens is 1. The fourth-order valence-electron chi connectivity index (χ4n) is 2.24. The average Bonchev–Trinajstić information content (AvgIpc) is 2.52. The maximum absolute atomic E-state index is 12.2. The van der Waals surface area contributed by atoms with Crippen molar-refractivity contribution in [3.63, 3.8) is 0 Å². The summed E-state index contributed by atoms with van der Waals surface area (Å²) < 4.78 is 0. The summed E-state index contributed by atoms with van der Waals surface area (Å²) in [6, 6.07) is 14.8. The van der Waals surface area contributed by atoms with Gasteiger partial charge in [0.05, 0.1) is 10.7 Å². The van der Waals surface area contributed by atoms with Gasteiger partial charge in [-0.1, -0.05) is 48.0 Å². The van der Waals surface area contributed by atoms with Crippen LogP contribution in [0.25, 0.3) is 0 Å². The van der Waals surface area contributed by atoms with E-state index in [2.05, 4.69) is 5.32 Å². The normalized spacial score (nSPS) is 10.2. The van der Waals surface area contributed by atoms with Gasteiger partial charge in [0, 0.05) is 13.5 Å². The Labute approximate surface area is 141 Å². The van der Waals surface area contributed by atoms with Gasteiger partial charge in [0.1, 0.15) is 6.54 Å². The molecule has 120 valence electrons. The van der Waals surface area contributed by atoms with Crippen LogP contribution >= 0.6 is 11.6 Å². The molecular formula is C18H19ClN2O2. The van der Waals surface area contributed by atoms with Crippen molar-refractivity contribution in [2.75, 3.05) is 11.4 Å². The second kappa shape index (κ2) is 7.79. The van der Waals surface area contributed by atoms with E-state index < -0.39 is 0 Å². The highest BCUT2D eigenvalue weighted by atomic mass is 35.5. The van der Waals surface area contributed by atoms with E-state index in [-0.39, 0.29) is 18.4 Å². The molecule has 4 nitrogen and oxygen atoms in total. The molecule has 2 amide bonds. The first-order valence-electron chi connectivity index (χ1n) is 7.33. The Balaban J connectivity index is 2.03. The van der Waals surface area contributed by atoms with Crippen molar-refractivity contribution in [1.29, 1.82) is 0 Å². The lowest BCUT2D eigenvalue weighted by Crippen LogP contribution is -2.39. The number of hydrogen-bond donors (Lipinski definition) is 1. The molecule has 2 aromatic rings. The van der Waals surface area contributed by atoms with Crippen LogP contribution in [0.2, 0.25) is 5.02 Å². The summed E-state index contributed by atoms with van der Waals surface area (Å²) in [5, 5.41) is 3.28. The molecule has 0 fully saturated rings. The maximum Gasteiger partial charge on any atom is 0.240 e. The molecular weight excluding hydrogens is 312 g/mol. The van der Waals surface area contributed by atoms with Crippen molar-refractivity contribution < 1.29 is 9.59 Å². The number of rotatable bonds is 5. The van der Waals surface area contributed by atoms with Crippen LogP contribution in [0.1, 0.15) is 18.1 Å². The topological polar surface area (TPSA) is 49.4 Å². The Kier molecular flexibility index (Phi) is 5.77. The molecule has 0 aromatic heterocycles. The van der Waals surface area contributed by atoms with Gasteiger partial charge < -0.3 is 10.2 Å². The molecule has 0 spiro atoms. The largest absolute Gasteiger partial charge is 0.350 e. The Bertz CT molecular complexity index is 716. The van der Waals surface area contributed by atoms with Crippen molar-refractivity contribution >= 4 is 29.1 Å². The minimum Gasteiger partial charge on any atom is -0.350 e. The van der Waals surface area contributed by atoms with Crippen molar-refractivity contribution in [3.05, 3.63) is 64.7 Å². The second-order valence-corrected chi connectivity index (χ2v) is 5.67. The summed E-state index contributed by atoms with van der Waals surface area (Å²) in [5.74, 6) is -0.465. The number of benzene rings is 2. The first-order chi connectivity index (χ1) is 11.0. The fourth-order valence-corrected chi connectivity index (χ4v) is 2.48. The van der Waals surface area contributed by atoms with E-state index in [4.69, 9.17) is 11.6 Å². The molecule has 0 aliphatic carbocycles. The lowest BCUT2D eigenvalue weighted by molar-refractivity contribution is -0.123. The van der Waals surface area contributed by atoms with Gasteiger partial charge >= 0.3 is 0 Å². The van der Waals surface area contributed by atoms with Crippen molar-refractivity contribution in [2.24, 2.45) is 0 Å². The molecule has 0 bridgehead atoms. The first kappa shape index (κ1) is 17.0. The summed E-state index contributed by atoms with van der Waals surface area (Å²) in [6.07, 6.45) is 0. The Morgan fingerprint density at radius 1 is 1.09 bits per heavy atom. The smallest absolute Gasteiger partial charge is 0.240 e. The third-order valence-corrected chi connectivity index (χ3v) is 3.88. The zero-order chi connectivity index (χ0) is 16.8. The van der Waals surface area contributed by atoms with Crippen molar-refractivity contribution in [1.82, 2.24) is 5.32 Å². The zero-order valence-electron chi connectivity index (χ0n) is 13.2. The highest BCUT2D eigenvalue weighted by Gasteiger charge is 2.17. The quantitative estimate of drug-likeness (QED) is 0.914. The number of anilines is 1. The predicted molar refractivity (Wildman–Crippen MR) is 92.5 cm³/mol. The van der Waals surface area contributed by atoms with E-state index in [1.807, 2.05) is 31.2 Å². The number of carbonyl (C=O) groups excluding carboxylic acids is 2. The summed E-state index contributed by atoms with van der Waals surface area (Å²) >= 11 is 6.11. The minimum absolute atomic E-state index is 0.0645. The monoisotopic (exact) mass is 330 g/mol. The lowest BCUT2D eigenvalue weighted by Gasteiger charge is -2.21. The Hall–Kier alpha value is -2.33. The van der Waals surface area contributed by atoms with Gasteiger partial charge in [0.2, 0.25) is 11.8 Å². The molecule has 0 saturated heterocycles. The number of carbonyl (C=O) groups is 2. The maximum atomic E-state index is 12.2. The molecule has 2 rings (SSSR count). The van der Waals surface area contributed by atoms with Crippen LogP contribution in [-0.2, 0) is 16.1 Å². The van der Waals surface area contributed by atoms with Gasteiger partial charge in [0.15, 0.2) is 0 Å². The Morgan fingerprint density at radius 2 is 1.74 bits per heavy atom. The fraction of sp³-hybridized carbons (Fsp3) is 0.222. The van der Waals surface area contributed by atoms with Gasteiger partial charge in [-0.2, -0.15) is 0 Å². The predicted octanol–water partition coefficient (Wildman–Crippen LogP) is 3.32. The molecule has 23 heavy (non-hydrogen) atoms. The van der Waals surface area contributed by atoms with Crippen molar-refractivity contribution in [3.8, 4) is 0 Å². The van der Waals surface area contributed by atoms with Crippen molar-refractivity contribution in [2.45, 2.75) is 20.4 Å². The summed E-state index contributed by atoms with van der Waals surface area (Å²) in [4.78, 5) is 25.4. The number of nitrogens with zero attached hydrogens (tertiary/aromatic N) is 1. The van der Waals surface area contributed by atoms with Crippen LogP contribution < -0.4 is 10.2 Å². The molecule has 0 unspecified atom stereocenters. The molecule has 0 radical (unpaired) electrons. The standard InChI is InChI=1S/C18H19ClN2O2/c1-13-7-3-4-8-15(13)11-20-18(23)12-21(14(2)22)17-10-6-5-9-16(17)19/h3-10H,11-12H2,1-2H3,(H,20,23). The van der Waals surface area contributed by atoms with Crippen LogP contribution in [0.15, 0.2) is 48.5 Å². The van der Waals surface area contributed by atoms with Crippen LogP contribution in [0.3, 0.4) is 0 Å². The summed E-state index contributed by atoms with van der Waals surface area (Å²) in [5.41, 5.74) is 2.70. The van der Waals surface area contributed by atoms with Crippen LogP contribution in [-0.4, -0.2) is 18.4 Å². The third-order valence-electron chi connectivity index (χ3n) is 3.56. The zero-order valence-corrected chi connectivity index (χ0v) is 13.9. The molecule has 5 heteroatoms. The minimum atomic E-state index is -0.233. The number of nitrogens with one attached hydrogen (secondary N) is 1. The average molecular weight is 331 g/mol. The number of aryl methyl sites for hydroxylation is 1. The third kappa shape index (κ3) is 4.57. The lowest BCUT2D eigenvalue weighted by atomic mass is 10.1. The first-order valence-corrected chi connectivity index (χ1v) is 7.70. The molecule has 0 aliphatic rings. The van der Waals surface area contributed by atoms with E-state index in [0.717, 1.165) is 11.1 Å². The second-order valence-electron chi connectivity index (χ2n) is 5.26. The van der Waals surface area contributed by atoms with Gasteiger partial charge in [-0.3, -0.25) is 9.59 Å². The molecule has 0 saturated carbocycles. The van der Waals surface area contributed by atoms with E-state index >= 15 is 0 Å². The van der Waals surface area contributed by atoms with Crippen LogP contribution in [0, 0.1) is 6.92 Å². The highest BCUT2D eigenvalue weighted by molar-refractivity contribution is 6.33. The number of amides is 2. The Morgan fingerprint density at radius 3 is 2.39 bits per heavy atom. The molecule has 0 aliphatic heterocycles. The van der Waals surface area contributed by atoms with E-state index in [9.17, 15) is 9.59 Å². The van der Waals surface area contributed by atoms with Gasteiger partial charge in [0.25, 0.3) is 0 Å². The van der Waals surface area contributed by atoms with Crippen LogP contribution in [0.5, 0.6) is 0 Å². The van der Waals surface area contributed by atoms with Crippen LogP contribution in [0.4, 0.5) is 5.69 Å². The SMILES string of the molecule is CC(=O)N(CC(=O)NCc1ccccc1C)c1ccccc1Cl. The number of hydrogen-bond acceptors (Lipinski definition) is 2. The molecule has 0 heterocycles. The van der Waals surface area contributed by atoms with E-state index in [1.54, 1.807) is 24.3 Å². The van der Waals surface area contributed by atoms with Gasteiger partial charge in [-0.15, -0.1) is 0 Å². The number of para-hydroxylation sites is 1. The molecule has 0 atom stereocenters. The summed E-state index contributed by atoms with van der Waals surface area (Å²) in [7, 11) is 0. The van der Waals surface area contributed by atoms with E-state index in [0.29, 0.717) is 17.3 Å². The van der Waals surface area contributed by atoms with Gasteiger partial charge in [-0.25, -0.2) is 0 Å². The highest BCUT2D eigenvalue weighted by Crippen LogP contribution is 2.25.